The summed E-state index contributed by atoms with van der Waals surface area (Å²) >= 11 is 0. The minimum Gasteiger partial charge on any atom is -0.481 e. The summed E-state index contributed by atoms with van der Waals surface area (Å²) in [7, 11) is 0. The molecule has 0 bridgehead atoms. The second-order valence-corrected chi connectivity index (χ2v) is 5.24. The highest BCUT2D eigenvalue weighted by atomic mass is 16.4. The van der Waals surface area contributed by atoms with E-state index in [9.17, 15) is 9.59 Å². The first-order chi connectivity index (χ1) is 8.53. The van der Waals surface area contributed by atoms with Gasteiger partial charge in [0.1, 0.15) is 0 Å². The Morgan fingerprint density at radius 1 is 1.33 bits per heavy atom. The number of amides is 1. The van der Waals surface area contributed by atoms with E-state index in [4.69, 9.17) is 10.8 Å². The molecule has 1 aliphatic rings. The van der Waals surface area contributed by atoms with Gasteiger partial charge in [0.15, 0.2) is 0 Å². The van der Waals surface area contributed by atoms with Crippen molar-refractivity contribution in [2.75, 3.05) is 6.54 Å². The average Bonchev–Trinajstić information content (AvgIpc) is 2.30. The fraction of sp³-hybridized carbons (Fsp3) is 0.846. The fourth-order valence-electron chi connectivity index (χ4n) is 2.69. The Labute approximate surface area is 108 Å². The van der Waals surface area contributed by atoms with Crippen molar-refractivity contribution in [3.8, 4) is 0 Å². The zero-order chi connectivity index (χ0) is 13.6. The van der Waals surface area contributed by atoms with Crippen LogP contribution in [0.4, 0.5) is 0 Å². The number of carboxylic acid groups (broad SMARTS) is 1. The van der Waals surface area contributed by atoms with Crippen LogP contribution in [0.3, 0.4) is 0 Å². The molecule has 1 saturated carbocycles. The normalized spacial score (nSPS) is 20.1. The van der Waals surface area contributed by atoms with Crippen LogP contribution < -0.4 is 11.1 Å². The number of hydrogen-bond donors (Lipinski definition) is 3. The first-order valence-corrected chi connectivity index (χ1v) is 6.77. The highest BCUT2D eigenvalue weighted by Gasteiger charge is 2.36. The van der Waals surface area contributed by atoms with Gasteiger partial charge in [0.25, 0.3) is 0 Å². The zero-order valence-corrected chi connectivity index (χ0v) is 11.1. The van der Waals surface area contributed by atoms with Crippen LogP contribution in [0.5, 0.6) is 0 Å². The second kappa shape index (κ2) is 6.73. The molecule has 104 valence electrons. The van der Waals surface area contributed by atoms with E-state index in [0.29, 0.717) is 13.0 Å². The van der Waals surface area contributed by atoms with Crippen molar-refractivity contribution >= 4 is 11.9 Å². The van der Waals surface area contributed by atoms with Crippen molar-refractivity contribution in [2.45, 2.75) is 57.4 Å². The van der Waals surface area contributed by atoms with Crippen molar-refractivity contribution < 1.29 is 14.7 Å². The van der Waals surface area contributed by atoms with Gasteiger partial charge < -0.3 is 16.2 Å². The van der Waals surface area contributed by atoms with Gasteiger partial charge in [0.05, 0.1) is 12.0 Å². The molecule has 5 heteroatoms. The monoisotopic (exact) mass is 256 g/mol. The average molecular weight is 256 g/mol. The Hall–Kier alpha value is -1.10. The molecule has 5 nitrogen and oxygen atoms in total. The predicted molar refractivity (Wildman–Crippen MR) is 69.0 cm³/mol. The molecular formula is C13H24N2O3. The number of carbonyl (C=O) groups is 2. The molecule has 1 atom stereocenters. The zero-order valence-electron chi connectivity index (χ0n) is 11.1. The largest absolute Gasteiger partial charge is 0.481 e. The molecule has 0 aromatic rings. The molecule has 0 saturated heterocycles. The third-order valence-electron chi connectivity index (χ3n) is 3.84. The van der Waals surface area contributed by atoms with Crippen LogP contribution >= 0.6 is 0 Å². The van der Waals surface area contributed by atoms with Crippen molar-refractivity contribution in [1.29, 1.82) is 0 Å². The number of carbonyl (C=O) groups excluding carboxylic acids is 1. The maximum Gasteiger partial charge on any atom is 0.305 e. The van der Waals surface area contributed by atoms with Crippen LogP contribution in [0, 0.1) is 5.92 Å². The molecule has 18 heavy (non-hydrogen) atoms. The smallest absolute Gasteiger partial charge is 0.305 e. The Bertz CT molecular complexity index is 295. The third-order valence-corrected chi connectivity index (χ3v) is 3.84. The van der Waals surface area contributed by atoms with Gasteiger partial charge in [0, 0.05) is 12.5 Å². The summed E-state index contributed by atoms with van der Waals surface area (Å²) in [5.74, 6) is -1.15. The van der Waals surface area contributed by atoms with Gasteiger partial charge in [-0.3, -0.25) is 9.59 Å². The van der Waals surface area contributed by atoms with Crippen molar-refractivity contribution in [3.63, 3.8) is 0 Å². The lowest BCUT2D eigenvalue weighted by Crippen LogP contribution is -2.53. The van der Waals surface area contributed by atoms with Gasteiger partial charge in [-0.2, -0.15) is 0 Å². The second-order valence-electron chi connectivity index (χ2n) is 5.24. The minimum atomic E-state index is -0.849. The lowest BCUT2D eigenvalue weighted by molar-refractivity contribution is -0.140. The van der Waals surface area contributed by atoms with E-state index >= 15 is 0 Å². The molecule has 1 rings (SSSR count). The van der Waals surface area contributed by atoms with Crippen LogP contribution in [0.2, 0.25) is 0 Å². The molecule has 1 aliphatic carbocycles. The molecule has 0 aromatic carbocycles. The van der Waals surface area contributed by atoms with Crippen LogP contribution in [0.25, 0.3) is 0 Å². The van der Waals surface area contributed by atoms with E-state index in [-0.39, 0.29) is 18.2 Å². The lowest BCUT2D eigenvalue weighted by atomic mass is 9.79. The molecule has 4 N–H and O–H groups in total. The summed E-state index contributed by atoms with van der Waals surface area (Å²) < 4.78 is 0. The Kier molecular flexibility index (Phi) is 5.59. The quantitative estimate of drug-likeness (QED) is 0.667. The van der Waals surface area contributed by atoms with E-state index in [1.54, 1.807) is 0 Å². The summed E-state index contributed by atoms with van der Waals surface area (Å²) in [5.41, 5.74) is 5.00. The van der Waals surface area contributed by atoms with E-state index in [2.05, 4.69) is 5.32 Å². The van der Waals surface area contributed by atoms with Crippen molar-refractivity contribution in [1.82, 2.24) is 5.32 Å². The third kappa shape index (κ3) is 3.98. The summed E-state index contributed by atoms with van der Waals surface area (Å²) in [6.45, 7) is 2.23. The highest BCUT2D eigenvalue weighted by molar-refractivity contribution is 5.80. The first-order valence-electron chi connectivity index (χ1n) is 6.77. The summed E-state index contributed by atoms with van der Waals surface area (Å²) in [4.78, 5) is 23.1. The minimum absolute atomic E-state index is 0.0136. The van der Waals surface area contributed by atoms with Gasteiger partial charge >= 0.3 is 5.97 Å². The van der Waals surface area contributed by atoms with Gasteiger partial charge in [-0.05, 0) is 19.3 Å². The molecule has 0 heterocycles. The maximum absolute atomic E-state index is 12.1. The number of nitrogens with one attached hydrogen (secondary N) is 1. The fourth-order valence-corrected chi connectivity index (χ4v) is 2.69. The van der Waals surface area contributed by atoms with Crippen molar-refractivity contribution in [2.24, 2.45) is 11.7 Å². The number of aliphatic carboxylic acids is 1. The van der Waals surface area contributed by atoms with E-state index in [0.717, 1.165) is 32.1 Å². The van der Waals surface area contributed by atoms with Gasteiger partial charge in [-0.15, -0.1) is 0 Å². The molecular weight excluding hydrogens is 232 g/mol. The SMILES string of the molecule is CCC(CN)C(=O)NC1(CC(=O)O)CCCCC1. The number of carboxylic acids is 1. The molecule has 1 fully saturated rings. The topological polar surface area (TPSA) is 92.4 Å². The number of hydrogen-bond acceptors (Lipinski definition) is 3. The van der Waals surface area contributed by atoms with Crippen LogP contribution in [0.15, 0.2) is 0 Å². The Morgan fingerprint density at radius 3 is 2.39 bits per heavy atom. The summed E-state index contributed by atoms with van der Waals surface area (Å²) in [6, 6.07) is 0. The summed E-state index contributed by atoms with van der Waals surface area (Å²) in [6.07, 6.45) is 5.29. The molecule has 0 aromatic heterocycles. The van der Waals surface area contributed by atoms with Crippen LogP contribution in [-0.2, 0) is 9.59 Å². The molecule has 0 aliphatic heterocycles. The van der Waals surface area contributed by atoms with E-state index in [1.807, 2.05) is 6.92 Å². The highest BCUT2D eigenvalue weighted by Crippen LogP contribution is 2.31. The number of nitrogens with two attached hydrogens (primary N) is 1. The molecule has 1 unspecified atom stereocenters. The van der Waals surface area contributed by atoms with Crippen LogP contribution in [0.1, 0.15) is 51.9 Å². The van der Waals surface area contributed by atoms with E-state index < -0.39 is 11.5 Å². The van der Waals surface area contributed by atoms with Gasteiger partial charge in [-0.25, -0.2) is 0 Å². The molecule has 0 spiro atoms. The van der Waals surface area contributed by atoms with Crippen molar-refractivity contribution in [3.05, 3.63) is 0 Å². The maximum atomic E-state index is 12.1. The van der Waals surface area contributed by atoms with Gasteiger partial charge in [-0.1, -0.05) is 26.2 Å². The first kappa shape index (κ1) is 15.0. The standard InChI is InChI=1S/C13H24N2O3/c1-2-10(9-14)12(18)15-13(8-11(16)17)6-4-3-5-7-13/h10H,2-9,14H2,1H3,(H,15,18)(H,16,17). The predicted octanol–water partition coefficient (Wildman–Crippen LogP) is 1.27. The molecule has 0 radical (unpaired) electrons. The molecule has 1 amide bonds. The van der Waals surface area contributed by atoms with Gasteiger partial charge in [0.2, 0.25) is 5.91 Å². The Morgan fingerprint density at radius 2 is 1.94 bits per heavy atom. The van der Waals surface area contributed by atoms with E-state index in [1.165, 1.54) is 0 Å². The lowest BCUT2D eigenvalue weighted by Gasteiger charge is -2.38. The van der Waals surface area contributed by atoms with Crippen LogP contribution in [-0.4, -0.2) is 29.1 Å². The number of rotatable bonds is 6. The summed E-state index contributed by atoms with van der Waals surface area (Å²) in [5, 5.41) is 12.0. The Balaban J connectivity index is 2.71.